The molecule has 0 N–H and O–H groups in total. The minimum atomic E-state index is -0.293. The number of fused-ring (bicyclic) bond motifs is 4. The molecule has 2 bridgehead atoms. The van der Waals surface area contributed by atoms with Crippen molar-refractivity contribution in [3.8, 4) is 0 Å². The van der Waals surface area contributed by atoms with Gasteiger partial charge in [-0.05, 0) is 22.8 Å². The SMILES string of the molecule is C=C1c2ccccc2[C@@H]2O[C@H]1[C@@H](c1ccccc1Br)O2. The van der Waals surface area contributed by atoms with Crippen LogP contribution in [0.1, 0.15) is 29.1 Å². The first-order chi connectivity index (χ1) is 9.75. The van der Waals surface area contributed by atoms with E-state index in [0.29, 0.717) is 0 Å². The lowest BCUT2D eigenvalue weighted by Crippen LogP contribution is -2.20. The molecule has 0 aromatic heterocycles. The van der Waals surface area contributed by atoms with E-state index in [1.807, 2.05) is 36.4 Å². The number of halogens is 1. The Morgan fingerprint density at radius 3 is 2.30 bits per heavy atom. The fourth-order valence-corrected chi connectivity index (χ4v) is 3.45. The topological polar surface area (TPSA) is 18.5 Å². The van der Waals surface area contributed by atoms with E-state index in [1.165, 1.54) is 0 Å². The van der Waals surface area contributed by atoms with Gasteiger partial charge in [-0.25, -0.2) is 0 Å². The monoisotopic (exact) mass is 328 g/mol. The minimum Gasteiger partial charge on any atom is -0.337 e. The molecular formula is C17H13BrO2. The zero-order chi connectivity index (χ0) is 13.7. The Morgan fingerprint density at radius 1 is 0.850 bits per heavy atom. The van der Waals surface area contributed by atoms with Crippen LogP contribution in [0.15, 0.2) is 59.6 Å². The van der Waals surface area contributed by atoms with E-state index in [0.717, 1.165) is 26.7 Å². The quantitative estimate of drug-likeness (QED) is 0.759. The molecule has 2 nitrogen and oxygen atoms in total. The third kappa shape index (κ3) is 1.71. The van der Waals surface area contributed by atoms with Gasteiger partial charge in [-0.15, -0.1) is 0 Å². The van der Waals surface area contributed by atoms with E-state index >= 15 is 0 Å². The van der Waals surface area contributed by atoms with Crippen LogP contribution in [0.2, 0.25) is 0 Å². The molecule has 20 heavy (non-hydrogen) atoms. The van der Waals surface area contributed by atoms with Crippen molar-refractivity contribution in [2.45, 2.75) is 18.5 Å². The Bertz CT molecular complexity index is 695. The predicted octanol–water partition coefficient (Wildman–Crippen LogP) is 4.63. The number of benzene rings is 2. The van der Waals surface area contributed by atoms with Gasteiger partial charge in [0.05, 0.1) is 0 Å². The number of rotatable bonds is 1. The molecule has 2 aromatic carbocycles. The van der Waals surface area contributed by atoms with Crippen molar-refractivity contribution in [3.05, 3.63) is 76.3 Å². The van der Waals surface area contributed by atoms with Crippen molar-refractivity contribution < 1.29 is 9.47 Å². The molecule has 1 fully saturated rings. The summed E-state index contributed by atoms with van der Waals surface area (Å²) in [6.45, 7) is 4.22. The van der Waals surface area contributed by atoms with Crippen LogP contribution in [0.3, 0.4) is 0 Å². The number of ether oxygens (including phenoxy) is 2. The van der Waals surface area contributed by atoms with Gasteiger partial charge in [0.2, 0.25) is 0 Å². The second kappa shape index (κ2) is 4.55. The molecule has 3 heteroatoms. The van der Waals surface area contributed by atoms with Gasteiger partial charge in [0.1, 0.15) is 12.2 Å². The van der Waals surface area contributed by atoms with Crippen LogP contribution in [0.5, 0.6) is 0 Å². The molecule has 2 aliphatic rings. The highest BCUT2D eigenvalue weighted by Gasteiger charge is 2.45. The summed E-state index contributed by atoms with van der Waals surface area (Å²) in [6.07, 6.45) is -0.525. The van der Waals surface area contributed by atoms with Crippen molar-refractivity contribution in [2.75, 3.05) is 0 Å². The highest BCUT2D eigenvalue weighted by molar-refractivity contribution is 9.10. The summed E-state index contributed by atoms with van der Waals surface area (Å²) in [5.41, 5.74) is 4.33. The summed E-state index contributed by atoms with van der Waals surface area (Å²) in [5.74, 6) is 0. The standard InChI is InChI=1S/C17H13BrO2/c1-10-11-6-2-3-7-12(11)17-19-15(10)16(20-17)13-8-4-5-9-14(13)18/h2-9,15-17H,1H2/t15-,16-,17-/m1/s1. The summed E-state index contributed by atoms with van der Waals surface area (Å²) in [4.78, 5) is 0. The summed E-state index contributed by atoms with van der Waals surface area (Å²) in [6, 6.07) is 16.3. The molecular weight excluding hydrogens is 316 g/mol. The van der Waals surface area contributed by atoms with Crippen molar-refractivity contribution in [1.29, 1.82) is 0 Å². The van der Waals surface area contributed by atoms with Gasteiger partial charge in [-0.1, -0.05) is 65.0 Å². The van der Waals surface area contributed by atoms with Crippen molar-refractivity contribution in [2.24, 2.45) is 0 Å². The molecule has 3 atom stereocenters. The molecule has 0 spiro atoms. The zero-order valence-electron chi connectivity index (χ0n) is 10.8. The first-order valence-electron chi connectivity index (χ1n) is 6.59. The van der Waals surface area contributed by atoms with E-state index in [-0.39, 0.29) is 18.5 Å². The van der Waals surface area contributed by atoms with Gasteiger partial charge in [-0.2, -0.15) is 0 Å². The molecule has 0 saturated carbocycles. The van der Waals surface area contributed by atoms with E-state index in [2.05, 4.69) is 34.6 Å². The van der Waals surface area contributed by atoms with Crippen molar-refractivity contribution in [1.82, 2.24) is 0 Å². The molecule has 0 radical (unpaired) electrons. The van der Waals surface area contributed by atoms with Crippen LogP contribution in [-0.2, 0) is 9.47 Å². The van der Waals surface area contributed by atoms with Crippen LogP contribution >= 0.6 is 15.9 Å². The molecule has 0 amide bonds. The normalized spacial score (nSPS) is 27.4. The zero-order valence-corrected chi connectivity index (χ0v) is 12.3. The van der Waals surface area contributed by atoms with Gasteiger partial charge >= 0.3 is 0 Å². The van der Waals surface area contributed by atoms with Crippen LogP contribution in [0.4, 0.5) is 0 Å². The predicted molar refractivity (Wildman–Crippen MR) is 81.1 cm³/mol. The Kier molecular flexibility index (Phi) is 2.81. The largest absolute Gasteiger partial charge is 0.337 e. The van der Waals surface area contributed by atoms with E-state index in [9.17, 15) is 0 Å². The van der Waals surface area contributed by atoms with Crippen LogP contribution in [-0.4, -0.2) is 6.10 Å². The second-order valence-electron chi connectivity index (χ2n) is 5.08. The Labute approximate surface area is 126 Å². The van der Waals surface area contributed by atoms with Gasteiger partial charge in [0.15, 0.2) is 6.29 Å². The van der Waals surface area contributed by atoms with Gasteiger partial charge in [0.25, 0.3) is 0 Å². The summed E-state index contributed by atoms with van der Waals surface area (Å²) >= 11 is 3.59. The lowest BCUT2D eigenvalue weighted by Gasteiger charge is -2.24. The third-order valence-corrected chi connectivity index (χ3v) is 4.65. The van der Waals surface area contributed by atoms with E-state index in [4.69, 9.17) is 9.47 Å². The molecule has 2 aromatic rings. The number of hydrogen-bond donors (Lipinski definition) is 0. The summed E-state index contributed by atoms with van der Waals surface area (Å²) < 4.78 is 13.2. The highest BCUT2D eigenvalue weighted by atomic mass is 79.9. The Hall–Kier alpha value is -1.42. The van der Waals surface area contributed by atoms with Gasteiger partial charge < -0.3 is 9.47 Å². The molecule has 2 aliphatic heterocycles. The molecule has 4 rings (SSSR count). The number of hydrogen-bond acceptors (Lipinski definition) is 2. The van der Waals surface area contributed by atoms with Crippen LogP contribution < -0.4 is 0 Å². The molecule has 0 unspecified atom stereocenters. The lowest BCUT2D eigenvalue weighted by atomic mass is 9.91. The maximum Gasteiger partial charge on any atom is 0.186 e. The van der Waals surface area contributed by atoms with Crippen molar-refractivity contribution in [3.63, 3.8) is 0 Å². The van der Waals surface area contributed by atoms with E-state index in [1.54, 1.807) is 0 Å². The molecule has 100 valence electrons. The van der Waals surface area contributed by atoms with Crippen LogP contribution in [0, 0.1) is 0 Å². The molecule has 1 saturated heterocycles. The summed E-state index contributed by atoms with van der Waals surface area (Å²) in [7, 11) is 0. The van der Waals surface area contributed by atoms with Gasteiger partial charge in [0, 0.05) is 10.0 Å². The lowest BCUT2D eigenvalue weighted by molar-refractivity contribution is -0.0677. The first kappa shape index (κ1) is 12.3. The Morgan fingerprint density at radius 2 is 1.50 bits per heavy atom. The van der Waals surface area contributed by atoms with Gasteiger partial charge in [-0.3, -0.25) is 0 Å². The average Bonchev–Trinajstić information content (AvgIpc) is 2.87. The summed E-state index contributed by atoms with van der Waals surface area (Å²) in [5, 5.41) is 0. The second-order valence-corrected chi connectivity index (χ2v) is 5.93. The first-order valence-corrected chi connectivity index (χ1v) is 7.38. The maximum absolute atomic E-state index is 6.14. The smallest absolute Gasteiger partial charge is 0.186 e. The van der Waals surface area contributed by atoms with Crippen LogP contribution in [0.25, 0.3) is 5.57 Å². The highest BCUT2D eigenvalue weighted by Crippen LogP contribution is 2.51. The minimum absolute atomic E-state index is 0.115. The fraction of sp³-hybridized carbons (Fsp3) is 0.176. The molecule has 2 heterocycles. The maximum atomic E-state index is 6.14. The van der Waals surface area contributed by atoms with Crippen molar-refractivity contribution >= 4 is 21.5 Å². The Balaban J connectivity index is 1.80. The van der Waals surface area contributed by atoms with E-state index < -0.39 is 0 Å². The molecule has 0 aliphatic carbocycles. The fourth-order valence-electron chi connectivity index (χ4n) is 2.94. The average molecular weight is 329 g/mol. The third-order valence-electron chi connectivity index (χ3n) is 3.93.